The third kappa shape index (κ3) is 5.78. The maximum atomic E-state index is 11.9. The van der Waals surface area contributed by atoms with Crippen molar-refractivity contribution < 1.29 is 14.3 Å². The van der Waals surface area contributed by atoms with Crippen molar-refractivity contribution in [2.45, 2.75) is 20.8 Å². The van der Waals surface area contributed by atoms with Crippen LogP contribution < -0.4 is 14.8 Å². The van der Waals surface area contributed by atoms with E-state index in [1.807, 2.05) is 74.0 Å². The minimum atomic E-state index is -0.0377. The van der Waals surface area contributed by atoms with Crippen LogP contribution in [0.15, 0.2) is 77.7 Å². The first-order chi connectivity index (χ1) is 17.8. The zero-order valence-electron chi connectivity index (χ0n) is 21.6. The van der Waals surface area contributed by atoms with Gasteiger partial charge in [0, 0.05) is 16.1 Å². The van der Waals surface area contributed by atoms with Crippen molar-refractivity contribution in [3.05, 3.63) is 100 Å². The number of ether oxygens (including phenoxy) is 2. The summed E-state index contributed by atoms with van der Waals surface area (Å²) in [6, 6.07) is 19.4. The van der Waals surface area contributed by atoms with Gasteiger partial charge in [-0.15, -0.1) is 11.3 Å². The van der Waals surface area contributed by atoms with Crippen LogP contribution in [0.4, 0.5) is 5.69 Å². The van der Waals surface area contributed by atoms with Crippen molar-refractivity contribution in [1.29, 1.82) is 0 Å². The molecule has 3 aromatic carbocycles. The molecule has 0 spiro atoms. The number of carbonyl (C=O) groups is 1. The standard InChI is InChI=1S/C30H29N3O3S/c1-18-14-25(11-13-27(18)35-5)33-30(29-21(4)37-17-31-29)32-19(2)22-8-7-9-23(15-22)24-10-12-26(20(3)34)28(16-24)36-6/h7-17H,2H2,1,3-6H3,(H,32,33). The maximum absolute atomic E-state index is 11.9. The largest absolute Gasteiger partial charge is 0.496 e. The number of hydrogen-bond donors (Lipinski definition) is 1. The van der Waals surface area contributed by atoms with Crippen molar-refractivity contribution in [2.24, 2.45) is 4.99 Å². The van der Waals surface area contributed by atoms with Crippen LogP contribution in [-0.2, 0) is 0 Å². The number of rotatable bonds is 8. The first kappa shape index (κ1) is 25.9. The average Bonchev–Trinajstić information content (AvgIpc) is 3.33. The molecule has 0 saturated heterocycles. The van der Waals surface area contributed by atoms with E-state index in [-0.39, 0.29) is 5.78 Å². The van der Waals surface area contributed by atoms with Gasteiger partial charge in [0.05, 0.1) is 31.0 Å². The monoisotopic (exact) mass is 511 g/mol. The summed E-state index contributed by atoms with van der Waals surface area (Å²) in [5, 5.41) is 3.42. The second kappa shape index (κ2) is 11.2. The molecule has 0 aliphatic heterocycles. The lowest BCUT2D eigenvalue weighted by atomic mass is 9.99. The van der Waals surface area contributed by atoms with Crippen LogP contribution in [0.5, 0.6) is 11.5 Å². The van der Waals surface area contributed by atoms with E-state index in [1.54, 1.807) is 31.6 Å². The highest BCUT2D eigenvalue weighted by Crippen LogP contribution is 2.30. The molecule has 1 N–H and O–H groups in total. The predicted molar refractivity (Wildman–Crippen MR) is 152 cm³/mol. The second-order valence-corrected chi connectivity index (χ2v) is 9.58. The Bertz CT molecular complexity index is 1500. The van der Waals surface area contributed by atoms with E-state index in [9.17, 15) is 4.79 Å². The van der Waals surface area contributed by atoms with Gasteiger partial charge >= 0.3 is 0 Å². The highest BCUT2D eigenvalue weighted by molar-refractivity contribution is 7.09. The molecule has 0 aliphatic rings. The minimum absolute atomic E-state index is 0.0377. The summed E-state index contributed by atoms with van der Waals surface area (Å²) in [6.45, 7) is 9.80. The summed E-state index contributed by atoms with van der Waals surface area (Å²) >= 11 is 1.56. The Labute approximate surface area is 221 Å². The number of methoxy groups -OCH3 is 2. The van der Waals surface area contributed by atoms with Gasteiger partial charge in [-0.25, -0.2) is 9.98 Å². The molecule has 0 bridgehead atoms. The van der Waals surface area contributed by atoms with Crippen molar-refractivity contribution in [1.82, 2.24) is 4.98 Å². The van der Waals surface area contributed by atoms with Gasteiger partial charge in [0.1, 0.15) is 17.2 Å². The first-order valence-corrected chi connectivity index (χ1v) is 12.6. The number of ketones is 1. The number of Topliss-reactive ketones (excluding diaryl/α,β-unsaturated/α-hetero) is 1. The van der Waals surface area contributed by atoms with Gasteiger partial charge in [0.15, 0.2) is 11.6 Å². The number of nitrogens with zero attached hydrogens (tertiary/aromatic N) is 2. The molecule has 0 atom stereocenters. The Hall–Kier alpha value is -4.23. The number of anilines is 1. The number of carbonyl (C=O) groups excluding carboxylic acids is 1. The van der Waals surface area contributed by atoms with Crippen LogP contribution in [-0.4, -0.2) is 30.8 Å². The van der Waals surface area contributed by atoms with Crippen LogP contribution in [0.2, 0.25) is 0 Å². The first-order valence-electron chi connectivity index (χ1n) is 11.7. The lowest BCUT2D eigenvalue weighted by Crippen LogP contribution is -2.15. The molecule has 7 heteroatoms. The van der Waals surface area contributed by atoms with Crippen molar-refractivity contribution in [3.8, 4) is 22.6 Å². The topological polar surface area (TPSA) is 72.8 Å². The number of thiazole rings is 1. The van der Waals surface area contributed by atoms with E-state index < -0.39 is 0 Å². The van der Waals surface area contributed by atoms with Crippen LogP contribution in [0, 0.1) is 13.8 Å². The van der Waals surface area contributed by atoms with Crippen LogP contribution in [0.3, 0.4) is 0 Å². The Morgan fingerprint density at radius 2 is 1.73 bits per heavy atom. The summed E-state index contributed by atoms with van der Waals surface area (Å²) in [7, 11) is 3.23. The van der Waals surface area contributed by atoms with E-state index in [4.69, 9.17) is 14.5 Å². The van der Waals surface area contributed by atoms with Crippen molar-refractivity contribution in [3.63, 3.8) is 0 Å². The third-order valence-corrected chi connectivity index (χ3v) is 6.74. The molecule has 0 radical (unpaired) electrons. The highest BCUT2D eigenvalue weighted by Gasteiger charge is 2.14. The molecule has 0 saturated carbocycles. The number of aliphatic imine (C=N–C) groups is 1. The quantitative estimate of drug-likeness (QED) is 0.154. The lowest BCUT2D eigenvalue weighted by molar-refractivity contribution is 0.101. The minimum Gasteiger partial charge on any atom is -0.496 e. The Balaban J connectivity index is 1.69. The second-order valence-electron chi connectivity index (χ2n) is 8.53. The highest BCUT2D eigenvalue weighted by atomic mass is 32.1. The lowest BCUT2D eigenvalue weighted by Gasteiger charge is -2.13. The summed E-state index contributed by atoms with van der Waals surface area (Å²) in [5.41, 5.74) is 8.39. The summed E-state index contributed by atoms with van der Waals surface area (Å²) < 4.78 is 10.8. The molecular weight excluding hydrogens is 482 g/mol. The molecule has 0 amide bonds. The Morgan fingerprint density at radius 3 is 2.38 bits per heavy atom. The molecule has 4 aromatic rings. The number of amidine groups is 1. The maximum Gasteiger partial charge on any atom is 0.163 e. The molecule has 1 aromatic heterocycles. The molecule has 0 fully saturated rings. The molecule has 37 heavy (non-hydrogen) atoms. The normalized spacial score (nSPS) is 11.2. The van der Waals surface area contributed by atoms with Crippen molar-refractivity contribution >= 4 is 34.3 Å². The Morgan fingerprint density at radius 1 is 0.973 bits per heavy atom. The molecular formula is C30H29N3O3S. The van der Waals surface area contributed by atoms with Gasteiger partial charge < -0.3 is 14.8 Å². The van der Waals surface area contributed by atoms with Gasteiger partial charge in [-0.05, 0) is 73.9 Å². The van der Waals surface area contributed by atoms with E-state index in [2.05, 4.69) is 16.9 Å². The fraction of sp³-hybridized carbons (Fsp3) is 0.167. The summed E-state index contributed by atoms with van der Waals surface area (Å²) in [6.07, 6.45) is 0. The molecule has 0 aliphatic carbocycles. The SMILES string of the molecule is C=C(N=C(Nc1ccc(OC)c(C)c1)c1ncsc1C)c1cccc(-c2ccc(C(C)=O)c(OC)c2)c1. The van der Waals surface area contributed by atoms with E-state index in [1.165, 1.54) is 6.92 Å². The van der Waals surface area contributed by atoms with Gasteiger partial charge in [-0.2, -0.15) is 0 Å². The molecule has 4 rings (SSSR count). The third-order valence-electron chi connectivity index (χ3n) is 5.98. The van der Waals surface area contributed by atoms with Gasteiger partial charge in [-0.3, -0.25) is 4.79 Å². The molecule has 6 nitrogen and oxygen atoms in total. The summed E-state index contributed by atoms with van der Waals surface area (Å²) in [4.78, 5) is 22.4. The molecule has 0 unspecified atom stereocenters. The van der Waals surface area contributed by atoms with E-state index in [0.29, 0.717) is 22.8 Å². The van der Waals surface area contributed by atoms with E-state index >= 15 is 0 Å². The number of aryl methyl sites for hydroxylation is 2. The smallest absolute Gasteiger partial charge is 0.163 e. The number of benzene rings is 3. The fourth-order valence-corrected chi connectivity index (χ4v) is 4.58. The number of nitrogens with one attached hydrogen (secondary N) is 1. The van der Waals surface area contributed by atoms with Crippen LogP contribution in [0.1, 0.15) is 39.0 Å². The van der Waals surface area contributed by atoms with Gasteiger partial charge in [0.2, 0.25) is 0 Å². The average molecular weight is 512 g/mol. The van der Waals surface area contributed by atoms with Crippen molar-refractivity contribution in [2.75, 3.05) is 19.5 Å². The zero-order chi connectivity index (χ0) is 26.5. The predicted octanol–water partition coefficient (Wildman–Crippen LogP) is 7.18. The molecule has 188 valence electrons. The number of hydrogen-bond acceptors (Lipinski definition) is 6. The zero-order valence-corrected chi connectivity index (χ0v) is 22.4. The van der Waals surface area contributed by atoms with Gasteiger partial charge in [-0.1, -0.05) is 30.8 Å². The summed E-state index contributed by atoms with van der Waals surface area (Å²) in [5.74, 6) is 1.95. The van der Waals surface area contributed by atoms with Crippen LogP contribution in [0.25, 0.3) is 16.8 Å². The molecule has 1 heterocycles. The van der Waals surface area contributed by atoms with Gasteiger partial charge in [0.25, 0.3) is 0 Å². The fourth-order valence-electron chi connectivity index (χ4n) is 4.01. The van der Waals surface area contributed by atoms with E-state index in [0.717, 1.165) is 44.3 Å². The Kier molecular flexibility index (Phi) is 7.84. The number of aromatic nitrogens is 1. The van der Waals surface area contributed by atoms with Crippen LogP contribution >= 0.6 is 11.3 Å².